The van der Waals surface area contributed by atoms with E-state index in [1.807, 2.05) is 0 Å². The number of H-pyrrole nitrogens is 1. The van der Waals surface area contributed by atoms with Crippen LogP contribution in [0.1, 0.15) is 31.2 Å². The number of morpholine rings is 1. The number of aromatic nitrogens is 4. The van der Waals surface area contributed by atoms with E-state index in [2.05, 4.69) is 24.8 Å². The Labute approximate surface area is 140 Å². The smallest absolute Gasteiger partial charge is 0.183 e. The molecule has 0 bridgehead atoms. The molecular formula is C16H24N6O2. The molecule has 2 aliphatic heterocycles. The maximum Gasteiger partial charge on any atom is 0.183 e. The van der Waals surface area contributed by atoms with Gasteiger partial charge in [0.15, 0.2) is 17.3 Å². The molecule has 2 aromatic heterocycles. The Bertz CT molecular complexity index is 684. The van der Waals surface area contributed by atoms with Crippen LogP contribution in [-0.2, 0) is 9.47 Å². The van der Waals surface area contributed by atoms with Gasteiger partial charge in [-0.25, -0.2) is 15.0 Å². The van der Waals surface area contributed by atoms with Crippen LogP contribution in [0, 0.1) is 5.92 Å². The quantitative estimate of drug-likeness (QED) is 0.865. The molecule has 0 aliphatic carbocycles. The van der Waals surface area contributed by atoms with Gasteiger partial charge in [0.05, 0.1) is 12.9 Å². The highest BCUT2D eigenvalue weighted by Gasteiger charge is 2.26. The average molecular weight is 332 g/mol. The molecular weight excluding hydrogens is 308 g/mol. The van der Waals surface area contributed by atoms with E-state index in [0.29, 0.717) is 29.4 Å². The summed E-state index contributed by atoms with van der Waals surface area (Å²) in [5.41, 5.74) is 7.28. The van der Waals surface area contributed by atoms with E-state index in [1.165, 1.54) is 19.3 Å². The molecule has 4 rings (SSSR count). The summed E-state index contributed by atoms with van der Waals surface area (Å²) in [6.07, 6.45) is 5.03. The van der Waals surface area contributed by atoms with E-state index in [4.69, 9.17) is 15.2 Å². The second kappa shape index (κ2) is 7.00. The molecule has 0 saturated carbocycles. The highest BCUT2D eigenvalue weighted by atomic mass is 16.5. The van der Waals surface area contributed by atoms with Crippen LogP contribution in [0.2, 0.25) is 0 Å². The summed E-state index contributed by atoms with van der Waals surface area (Å²) in [4.78, 5) is 18.5. The van der Waals surface area contributed by atoms with Gasteiger partial charge in [0.2, 0.25) is 0 Å². The van der Waals surface area contributed by atoms with Crippen LogP contribution in [0.4, 0.5) is 5.82 Å². The van der Waals surface area contributed by atoms with Crippen molar-refractivity contribution >= 4 is 17.0 Å². The Hall–Kier alpha value is -1.77. The van der Waals surface area contributed by atoms with Crippen molar-refractivity contribution in [3.8, 4) is 0 Å². The molecule has 0 aromatic carbocycles. The number of anilines is 1. The van der Waals surface area contributed by atoms with Gasteiger partial charge in [0.1, 0.15) is 11.6 Å². The van der Waals surface area contributed by atoms with Gasteiger partial charge in [-0.15, -0.1) is 0 Å². The third-order valence-corrected chi connectivity index (χ3v) is 4.96. The van der Waals surface area contributed by atoms with Crippen molar-refractivity contribution in [3.63, 3.8) is 0 Å². The van der Waals surface area contributed by atoms with Crippen LogP contribution < -0.4 is 5.73 Å². The van der Waals surface area contributed by atoms with E-state index < -0.39 is 0 Å². The van der Waals surface area contributed by atoms with Gasteiger partial charge in [-0.3, -0.25) is 4.90 Å². The molecule has 8 heteroatoms. The van der Waals surface area contributed by atoms with Crippen LogP contribution in [0.3, 0.4) is 0 Å². The number of fused-ring (bicyclic) bond motifs is 1. The fourth-order valence-corrected chi connectivity index (χ4v) is 3.48. The molecule has 2 aromatic rings. The van der Waals surface area contributed by atoms with Crippen molar-refractivity contribution in [3.05, 3.63) is 12.2 Å². The van der Waals surface area contributed by atoms with Gasteiger partial charge >= 0.3 is 0 Å². The number of ether oxygens (including phenoxy) is 2. The Morgan fingerprint density at radius 3 is 3.00 bits per heavy atom. The Morgan fingerprint density at radius 1 is 1.25 bits per heavy atom. The average Bonchev–Trinajstić information content (AvgIpc) is 3.10. The Morgan fingerprint density at radius 2 is 2.12 bits per heavy atom. The number of imidazole rings is 1. The van der Waals surface area contributed by atoms with Gasteiger partial charge in [-0.2, -0.15) is 0 Å². The zero-order valence-electron chi connectivity index (χ0n) is 13.8. The number of aromatic amines is 1. The number of nitrogens with two attached hydrogens (primary N) is 1. The minimum atomic E-state index is -0.142. The first-order valence-corrected chi connectivity index (χ1v) is 8.68. The molecule has 0 radical (unpaired) electrons. The Balaban J connectivity index is 1.40. The van der Waals surface area contributed by atoms with Gasteiger partial charge in [-0.05, 0) is 31.7 Å². The summed E-state index contributed by atoms with van der Waals surface area (Å²) < 4.78 is 11.3. The van der Waals surface area contributed by atoms with E-state index in [1.54, 1.807) is 6.33 Å². The molecule has 1 unspecified atom stereocenters. The van der Waals surface area contributed by atoms with Crippen LogP contribution in [0.5, 0.6) is 0 Å². The summed E-state index contributed by atoms with van der Waals surface area (Å²) in [6.45, 7) is 5.36. The van der Waals surface area contributed by atoms with E-state index in [9.17, 15) is 0 Å². The van der Waals surface area contributed by atoms with E-state index in [0.717, 1.165) is 38.8 Å². The lowest BCUT2D eigenvalue weighted by Crippen LogP contribution is -2.40. The van der Waals surface area contributed by atoms with E-state index in [-0.39, 0.29) is 6.10 Å². The van der Waals surface area contributed by atoms with Crippen molar-refractivity contribution in [1.29, 1.82) is 0 Å². The lowest BCUT2D eigenvalue weighted by atomic mass is 9.96. The fourth-order valence-electron chi connectivity index (χ4n) is 3.48. The van der Waals surface area contributed by atoms with Crippen molar-refractivity contribution in [2.75, 3.05) is 45.2 Å². The van der Waals surface area contributed by atoms with Gasteiger partial charge in [0.25, 0.3) is 0 Å². The van der Waals surface area contributed by atoms with Crippen molar-refractivity contribution < 1.29 is 9.47 Å². The monoisotopic (exact) mass is 332 g/mol. The fraction of sp³-hybridized carbons (Fsp3) is 0.688. The standard InChI is InChI=1S/C16H24N6O2/c17-14-13-16(19-10-18-13)21-15(20-14)12-9-22(5-8-24-12)4-1-11-2-6-23-7-3-11/h10-12H,1-9H2,(H3,17,18,19,20,21). The first-order valence-electron chi connectivity index (χ1n) is 8.68. The molecule has 0 amide bonds. The van der Waals surface area contributed by atoms with Crippen molar-refractivity contribution in [2.45, 2.75) is 25.4 Å². The summed E-state index contributed by atoms with van der Waals surface area (Å²) in [7, 11) is 0. The number of hydrogen-bond donors (Lipinski definition) is 2. The first kappa shape index (κ1) is 15.7. The molecule has 0 spiro atoms. The van der Waals surface area contributed by atoms with Crippen LogP contribution in [0.15, 0.2) is 6.33 Å². The van der Waals surface area contributed by atoms with Crippen LogP contribution in [-0.4, -0.2) is 64.3 Å². The second-order valence-corrected chi connectivity index (χ2v) is 6.57. The topological polar surface area (TPSA) is 102 Å². The zero-order valence-corrected chi connectivity index (χ0v) is 13.8. The first-order chi connectivity index (χ1) is 11.8. The van der Waals surface area contributed by atoms with E-state index >= 15 is 0 Å². The van der Waals surface area contributed by atoms with Gasteiger partial charge in [-0.1, -0.05) is 0 Å². The highest BCUT2D eigenvalue weighted by molar-refractivity contribution is 5.80. The minimum Gasteiger partial charge on any atom is -0.382 e. The minimum absolute atomic E-state index is 0.142. The number of rotatable bonds is 4. The number of hydrogen-bond acceptors (Lipinski definition) is 7. The van der Waals surface area contributed by atoms with Crippen LogP contribution >= 0.6 is 0 Å². The number of nitrogens with zero attached hydrogens (tertiary/aromatic N) is 4. The normalized spacial score (nSPS) is 23.8. The molecule has 2 aliphatic rings. The molecule has 4 heterocycles. The molecule has 8 nitrogen and oxygen atoms in total. The summed E-state index contributed by atoms with van der Waals surface area (Å²) in [5, 5.41) is 0. The molecule has 2 saturated heterocycles. The van der Waals surface area contributed by atoms with Crippen molar-refractivity contribution in [2.24, 2.45) is 5.92 Å². The van der Waals surface area contributed by atoms with Crippen LogP contribution in [0.25, 0.3) is 11.2 Å². The van der Waals surface area contributed by atoms with Crippen molar-refractivity contribution in [1.82, 2.24) is 24.8 Å². The zero-order chi connectivity index (χ0) is 16.4. The lowest BCUT2D eigenvalue weighted by Gasteiger charge is -2.33. The summed E-state index contributed by atoms with van der Waals surface area (Å²) in [5.74, 6) is 1.84. The molecule has 24 heavy (non-hydrogen) atoms. The van der Waals surface area contributed by atoms with Gasteiger partial charge in [0, 0.05) is 26.3 Å². The highest BCUT2D eigenvalue weighted by Crippen LogP contribution is 2.24. The SMILES string of the molecule is Nc1nc(C2CN(CCC3CCOCC3)CCO2)nc2nc[nH]c12. The maximum atomic E-state index is 6.00. The predicted octanol–water partition coefficient (Wildman–Crippen LogP) is 1.13. The molecule has 3 N–H and O–H groups in total. The van der Waals surface area contributed by atoms with Gasteiger partial charge < -0.3 is 20.2 Å². The Kier molecular flexibility index (Phi) is 4.59. The summed E-state index contributed by atoms with van der Waals surface area (Å²) in [6, 6.07) is 0. The predicted molar refractivity (Wildman–Crippen MR) is 89.4 cm³/mol. The summed E-state index contributed by atoms with van der Waals surface area (Å²) >= 11 is 0. The second-order valence-electron chi connectivity index (χ2n) is 6.57. The third kappa shape index (κ3) is 3.35. The lowest BCUT2D eigenvalue weighted by molar-refractivity contribution is -0.0371. The number of nitrogens with one attached hydrogen (secondary N) is 1. The largest absolute Gasteiger partial charge is 0.382 e. The number of nitrogen functional groups attached to an aromatic ring is 1. The molecule has 1 atom stereocenters. The molecule has 130 valence electrons. The third-order valence-electron chi connectivity index (χ3n) is 4.96. The molecule has 2 fully saturated rings. The maximum absolute atomic E-state index is 6.00.